The van der Waals surface area contributed by atoms with Gasteiger partial charge in [0, 0.05) is 11.1 Å². The van der Waals surface area contributed by atoms with Crippen molar-refractivity contribution < 1.29 is 19.1 Å². The van der Waals surface area contributed by atoms with Gasteiger partial charge in [0.05, 0.1) is 33.3 Å². The van der Waals surface area contributed by atoms with Gasteiger partial charge in [0.1, 0.15) is 0 Å². The van der Waals surface area contributed by atoms with Crippen LogP contribution in [0.25, 0.3) is 0 Å². The second-order valence-corrected chi connectivity index (χ2v) is 7.81. The van der Waals surface area contributed by atoms with Gasteiger partial charge in [-0.2, -0.15) is 4.99 Å². The second kappa shape index (κ2) is 9.00. The highest BCUT2D eigenvalue weighted by molar-refractivity contribution is 8.19. The number of rotatable bonds is 3. The molecule has 0 N–H and O–H groups in total. The Morgan fingerprint density at radius 1 is 1.10 bits per heavy atom. The quantitative estimate of drug-likeness (QED) is 0.468. The van der Waals surface area contributed by atoms with E-state index < -0.39 is 17.8 Å². The fourth-order valence-electron chi connectivity index (χ4n) is 2.37. The average molecular weight is 470 g/mol. The zero-order valence-electron chi connectivity index (χ0n) is 14.7. The summed E-state index contributed by atoms with van der Waals surface area (Å²) in [4.78, 5) is 42.4. The third-order valence-corrected chi connectivity index (χ3v) is 5.54. The third-order valence-electron chi connectivity index (χ3n) is 3.71. The maximum absolute atomic E-state index is 12.9. The number of anilines is 1. The van der Waals surface area contributed by atoms with E-state index in [9.17, 15) is 14.4 Å². The molecule has 10 heteroatoms. The van der Waals surface area contributed by atoms with E-state index in [0.29, 0.717) is 10.7 Å². The largest absolute Gasteiger partial charge is 0.466 e. The smallest absolute Gasteiger partial charge is 0.331 e. The lowest BCUT2D eigenvalue weighted by atomic mass is 10.2. The topological polar surface area (TPSA) is 76.0 Å². The fraction of sp³-hybridized carbons (Fsp3) is 0.0526. The fourth-order valence-corrected chi connectivity index (χ4v) is 4.01. The molecule has 148 valence electrons. The molecule has 0 saturated carbocycles. The average Bonchev–Trinajstić information content (AvgIpc) is 2.96. The molecule has 1 aliphatic heterocycles. The Kier molecular flexibility index (Phi) is 6.64. The van der Waals surface area contributed by atoms with Crippen LogP contribution in [0, 0.1) is 0 Å². The number of amidine groups is 1. The van der Waals surface area contributed by atoms with Crippen molar-refractivity contribution in [3.63, 3.8) is 0 Å². The van der Waals surface area contributed by atoms with E-state index in [0.717, 1.165) is 22.7 Å². The lowest BCUT2D eigenvalue weighted by Gasteiger charge is -2.16. The number of halogens is 3. The molecule has 0 unspecified atom stereocenters. The first-order valence-corrected chi connectivity index (χ1v) is 9.91. The van der Waals surface area contributed by atoms with Crippen LogP contribution in [-0.2, 0) is 14.3 Å². The van der Waals surface area contributed by atoms with E-state index in [2.05, 4.69) is 9.73 Å². The summed E-state index contributed by atoms with van der Waals surface area (Å²) in [7, 11) is 1.19. The number of ether oxygens (including phenoxy) is 1. The van der Waals surface area contributed by atoms with Crippen molar-refractivity contribution in [2.75, 3.05) is 12.0 Å². The first-order chi connectivity index (χ1) is 13.8. The molecule has 1 fully saturated rings. The Hall–Kier alpha value is -2.32. The highest BCUT2D eigenvalue weighted by Gasteiger charge is 2.37. The Balaban J connectivity index is 2.08. The molecule has 0 atom stereocenters. The number of amides is 2. The number of para-hydroxylation sites is 1. The molecular weight excluding hydrogens is 459 g/mol. The maximum Gasteiger partial charge on any atom is 0.331 e. The Morgan fingerprint density at radius 2 is 1.83 bits per heavy atom. The number of esters is 1. The minimum Gasteiger partial charge on any atom is -0.466 e. The van der Waals surface area contributed by atoms with E-state index in [1.54, 1.807) is 24.3 Å². The molecule has 3 rings (SSSR count). The first kappa shape index (κ1) is 21.4. The van der Waals surface area contributed by atoms with Crippen LogP contribution in [-0.4, -0.2) is 30.1 Å². The van der Waals surface area contributed by atoms with Crippen LogP contribution >= 0.6 is 46.6 Å². The molecule has 2 aromatic carbocycles. The second-order valence-electron chi connectivity index (χ2n) is 5.55. The number of methoxy groups -OCH3 is 1. The molecule has 2 amide bonds. The van der Waals surface area contributed by atoms with Gasteiger partial charge in [-0.3, -0.25) is 14.5 Å². The van der Waals surface area contributed by atoms with Crippen molar-refractivity contribution in [2.45, 2.75) is 0 Å². The van der Waals surface area contributed by atoms with Crippen molar-refractivity contribution in [3.8, 4) is 0 Å². The highest BCUT2D eigenvalue weighted by Crippen LogP contribution is 2.38. The molecule has 0 aromatic heterocycles. The molecule has 1 aliphatic rings. The van der Waals surface area contributed by atoms with Gasteiger partial charge in [-0.1, -0.05) is 46.9 Å². The molecule has 0 radical (unpaired) electrons. The van der Waals surface area contributed by atoms with Crippen LogP contribution in [0.2, 0.25) is 15.1 Å². The standard InChI is InChI=1S/C19H11Cl3N2O4S/c1-28-16(25)9-15-18(27)24(14-5-3-2-4-12(14)21)19(29-15)23-17(26)11-7-6-10(20)8-13(11)22/h2-9H,1H3. The van der Waals surface area contributed by atoms with Crippen LogP contribution in [0.1, 0.15) is 10.4 Å². The minimum absolute atomic E-state index is 0.0225. The number of hydrogen-bond acceptors (Lipinski definition) is 5. The van der Waals surface area contributed by atoms with Gasteiger partial charge in [0.15, 0.2) is 5.17 Å². The van der Waals surface area contributed by atoms with Gasteiger partial charge in [-0.05, 0) is 42.1 Å². The lowest BCUT2D eigenvalue weighted by molar-refractivity contribution is -0.135. The molecule has 2 aromatic rings. The monoisotopic (exact) mass is 468 g/mol. The summed E-state index contributed by atoms with van der Waals surface area (Å²) in [6.07, 6.45) is 1.03. The van der Waals surface area contributed by atoms with Crippen molar-refractivity contribution in [3.05, 3.63) is 74.1 Å². The molecule has 0 bridgehead atoms. The predicted octanol–water partition coefficient (Wildman–Crippen LogP) is 4.98. The van der Waals surface area contributed by atoms with Gasteiger partial charge in [0.25, 0.3) is 11.8 Å². The molecule has 0 aliphatic carbocycles. The molecule has 29 heavy (non-hydrogen) atoms. The summed E-state index contributed by atoms with van der Waals surface area (Å²) in [6.45, 7) is 0. The van der Waals surface area contributed by atoms with Gasteiger partial charge < -0.3 is 4.74 Å². The van der Waals surface area contributed by atoms with Crippen molar-refractivity contribution >= 4 is 75.2 Å². The molecule has 6 nitrogen and oxygen atoms in total. The minimum atomic E-state index is -0.715. The van der Waals surface area contributed by atoms with E-state index >= 15 is 0 Å². The van der Waals surface area contributed by atoms with Crippen LogP contribution in [0.15, 0.2) is 58.4 Å². The number of benzene rings is 2. The highest BCUT2D eigenvalue weighted by atomic mass is 35.5. The number of aliphatic imine (C=N–C) groups is 1. The molecule has 1 saturated heterocycles. The summed E-state index contributed by atoms with van der Waals surface area (Å²) >= 11 is 19.0. The zero-order valence-corrected chi connectivity index (χ0v) is 17.8. The van der Waals surface area contributed by atoms with Crippen LogP contribution in [0.5, 0.6) is 0 Å². The maximum atomic E-state index is 12.9. The summed E-state index contributed by atoms with van der Waals surface area (Å²) in [5.74, 6) is -1.96. The van der Waals surface area contributed by atoms with E-state index in [-0.39, 0.29) is 25.7 Å². The van der Waals surface area contributed by atoms with Crippen LogP contribution < -0.4 is 4.90 Å². The SMILES string of the molecule is COC(=O)C=C1SC(=NC(=O)c2ccc(Cl)cc2Cl)N(c2ccccc2Cl)C1=O. The molecular formula is C19H11Cl3N2O4S. The summed E-state index contributed by atoms with van der Waals surface area (Å²) in [5, 5.41) is 0.779. The summed E-state index contributed by atoms with van der Waals surface area (Å²) in [5.41, 5.74) is 0.426. The summed E-state index contributed by atoms with van der Waals surface area (Å²) in [6, 6.07) is 10.9. The molecule has 0 spiro atoms. The van der Waals surface area contributed by atoms with Crippen LogP contribution in [0.3, 0.4) is 0 Å². The number of carbonyl (C=O) groups excluding carboxylic acids is 3. The van der Waals surface area contributed by atoms with Gasteiger partial charge in [-0.15, -0.1) is 0 Å². The normalized spacial score (nSPS) is 16.6. The van der Waals surface area contributed by atoms with E-state index in [4.69, 9.17) is 34.8 Å². The Bertz CT molecular complexity index is 1080. The first-order valence-electron chi connectivity index (χ1n) is 7.96. The Morgan fingerprint density at radius 3 is 2.48 bits per heavy atom. The molecule has 1 heterocycles. The number of nitrogens with zero attached hydrogens (tertiary/aromatic N) is 2. The van der Waals surface area contributed by atoms with Gasteiger partial charge in [0.2, 0.25) is 0 Å². The van der Waals surface area contributed by atoms with Crippen molar-refractivity contribution in [1.82, 2.24) is 0 Å². The zero-order chi connectivity index (χ0) is 21.1. The predicted molar refractivity (Wildman–Crippen MR) is 115 cm³/mol. The third kappa shape index (κ3) is 4.64. The Labute approximate surface area is 185 Å². The number of carbonyl (C=O) groups is 3. The van der Waals surface area contributed by atoms with E-state index in [1.807, 2.05) is 0 Å². The number of hydrogen-bond donors (Lipinski definition) is 0. The van der Waals surface area contributed by atoms with Gasteiger partial charge >= 0.3 is 5.97 Å². The summed E-state index contributed by atoms with van der Waals surface area (Å²) < 4.78 is 4.58. The number of thioether (sulfide) groups is 1. The lowest BCUT2D eigenvalue weighted by Crippen LogP contribution is -2.30. The van der Waals surface area contributed by atoms with Crippen molar-refractivity contribution in [1.29, 1.82) is 0 Å². The van der Waals surface area contributed by atoms with Crippen LogP contribution in [0.4, 0.5) is 5.69 Å². The van der Waals surface area contributed by atoms with Crippen molar-refractivity contribution in [2.24, 2.45) is 4.99 Å². The van der Waals surface area contributed by atoms with Gasteiger partial charge in [-0.25, -0.2) is 4.79 Å². The van der Waals surface area contributed by atoms with E-state index in [1.165, 1.54) is 25.3 Å².